The van der Waals surface area contributed by atoms with Crippen molar-refractivity contribution in [3.8, 4) is 0 Å². The third-order valence-electron chi connectivity index (χ3n) is 3.47. The molecule has 6 N–H and O–H groups in total. The number of nitrogens with one attached hydrogen (secondary N) is 2. The molecule has 1 aromatic carbocycles. The monoisotopic (exact) mass is 323 g/mol. The molecule has 0 aliphatic heterocycles. The minimum absolute atomic E-state index is 0.242. The lowest BCUT2D eigenvalue weighted by Crippen LogP contribution is -2.51. The Morgan fingerprint density at radius 1 is 1.30 bits per heavy atom. The van der Waals surface area contributed by atoms with Crippen molar-refractivity contribution in [3.63, 3.8) is 0 Å². The molecule has 23 heavy (non-hydrogen) atoms. The number of amides is 1. The van der Waals surface area contributed by atoms with Gasteiger partial charge in [0, 0.05) is 6.04 Å². The molecule has 1 amide bonds. The third kappa shape index (κ3) is 6.45. The standard InChI is InChI=1S/C16H25N3O4/c1-2-6-12(17)15(22)16(23)18-9-14(21)19-13(10-20)11-7-4-3-5-8-11/h3-5,7-8,10,12-13,15-16,18,22-23H,2,6,9,17H2,1H3,(H,19,21)/t12?,13-,15?,16+/m1/s1. The second kappa shape index (κ2) is 10.1. The van der Waals surface area contributed by atoms with Gasteiger partial charge in [-0.25, -0.2) is 0 Å². The number of hydrogen-bond acceptors (Lipinski definition) is 6. The van der Waals surface area contributed by atoms with E-state index in [9.17, 15) is 19.8 Å². The first kappa shape index (κ1) is 19.2. The summed E-state index contributed by atoms with van der Waals surface area (Å²) >= 11 is 0. The third-order valence-corrected chi connectivity index (χ3v) is 3.47. The van der Waals surface area contributed by atoms with Crippen LogP contribution >= 0.6 is 0 Å². The van der Waals surface area contributed by atoms with Gasteiger partial charge in [0.05, 0.1) is 6.54 Å². The van der Waals surface area contributed by atoms with Crippen LogP contribution in [0.3, 0.4) is 0 Å². The van der Waals surface area contributed by atoms with Crippen molar-refractivity contribution in [3.05, 3.63) is 35.9 Å². The number of aliphatic hydroxyl groups excluding tert-OH is 2. The number of nitrogens with two attached hydrogens (primary N) is 1. The number of carbonyl (C=O) groups is 2. The fourth-order valence-electron chi connectivity index (χ4n) is 2.14. The van der Waals surface area contributed by atoms with E-state index in [1.807, 2.05) is 13.0 Å². The van der Waals surface area contributed by atoms with Gasteiger partial charge in [-0.15, -0.1) is 0 Å². The predicted molar refractivity (Wildman–Crippen MR) is 86.3 cm³/mol. The van der Waals surface area contributed by atoms with Crippen LogP contribution in [-0.4, -0.2) is 47.3 Å². The Morgan fingerprint density at radius 2 is 1.96 bits per heavy atom. The molecule has 128 valence electrons. The van der Waals surface area contributed by atoms with Gasteiger partial charge in [-0.05, 0) is 12.0 Å². The Labute approximate surface area is 135 Å². The van der Waals surface area contributed by atoms with Crippen molar-refractivity contribution in [1.82, 2.24) is 10.6 Å². The summed E-state index contributed by atoms with van der Waals surface area (Å²) in [5.41, 5.74) is 6.38. The molecule has 2 unspecified atom stereocenters. The Morgan fingerprint density at radius 3 is 2.52 bits per heavy atom. The molecule has 0 aliphatic rings. The zero-order chi connectivity index (χ0) is 17.2. The summed E-state index contributed by atoms with van der Waals surface area (Å²) in [5, 5.41) is 24.6. The molecule has 4 atom stereocenters. The van der Waals surface area contributed by atoms with Crippen molar-refractivity contribution in [1.29, 1.82) is 0 Å². The molecule has 0 radical (unpaired) electrons. The highest BCUT2D eigenvalue weighted by Gasteiger charge is 2.23. The van der Waals surface area contributed by atoms with E-state index in [4.69, 9.17) is 5.73 Å². The molecule has 7 nitrogen and oxygen atoms in total. The molecule has 1 rings (SSSR count). The van der Waals surface area contributed by atoms with Crippen molar-refractivity contribution in [2.24, 2.45) is 5.73 Å². The molecule has 0 bridgehead atoms. The molecule has 0 spiro atoms. The van der Waals surface area contributed by atoms with Crippen LogP contribution in [0.2, 0.25) is 0 Å². The van der Waals surface area contributed by atoms with Crippen molar-refractivity contribution >= 4 is 12.2 Å². The smallest absolute Gasteiger partial charge is 0.234 e. The van der Waals surface area contributed by atoms with Crippen LogP contribution < -0.4 is 16.4 Å². The maximum atomic E-state index is 11.9. The molecular formula is C16H25N3O4. The van der Waals surface area contributed by atoms with Gasteiger partial charge in [-0.2, -0.15) is 0 Å². The quantitative estimate of drug-likeness (QED) is 0.290. The lowest BCUT2D eigenvalue weighted by molar-refractivity contribution is -0.124. The molecule has 0 saturated carbocycles. The predicted octanol–water partition coefficient (Wildman–Crippen LogP) is -0.561. The van der Waals surface area contributed by atoms with E-state index in [2.05, 4.69) is 10.6 Å². The van der Waals surface area contributed by atoms with Gasteiger partial charge in [-0.3, -0.25) is 10.1 Å². The van der Waals surface area contributed by atoms with E-state index >= 15 is 0 Å². The summed E-state index contributed by atoms with van der Waals surface area (Å²) in [4.78, 5) is 23.0. The molecule has 0 heterocycles. The molecule has 0 fully saturated rings. The second-order valence-corrected chi connectivity index (χ2v) is 5.36. The molecule has 0 saturated heterocycles. The van der Waals surface area contributed by atoms with Crippen LogP contribution in [0.25, 0.3) is 0 Å². The fraction of sp³-hybridized carbons (Fsp3) is 0.500. The normalized spacial score (nSPS) is 16.2. The second-order valence-electron chi connectivity index (χ2n) is 5.36. The number of aldehydes is 1. The average molecular weight is 323 g/mol. The van der Waals surface area contributed by atoms with E-state index in [0.717, 1.165) is 6.42 Å². The first-order valence-corrected chi connectivity index (χ1v) is 7.64. The number of rotatable bonds is 10. The Balaban J connectivity index is 2.45. The van der Waals surface area contributed by atoms with E-state index in [0.29, 0.717) is 18.3 Å². The minimum Gasteiger partial charge on any atom is -0.387 e. The van der Waals surface area contributed by atoms with Gasteiger partial charge >= 0.3 is 0 Å². The SMILES string of the molecule is CCCC(N)C(O)[C@H](O)NCC(=O)N[C@H](C=O)c1ccccc1. The summed E-state index contributed by atoms with van der Waals surface area (Å²) in [6, 6.07) is 7.49. The highest BCUT2D eigenvalue weighted by Crippen LogP contribution is 2.09. The van der Waals surface area contributed by atoms with Crippen LogP contribution in [0.5, 0.6) is 0 Å². The Hall–Kier alpha value is -1.80. The van der Waals surface area contributed by atoms with Gasteiger partial charge in [0.1, 0.15) is 24.7 Å². The van der Waals surface area contributed by atoms with Crippen LogP contribution in [0.4, 0.5) is 0 Å². The average Bonchev–Trinajstić information content (AvgIpc) is 2.57. The Kier molecular flexibility index (Phi) is 8.42. The van der Waals surface area contributed by atoms with E-state index in [-0.39, 0.29) is 6.54 Å². The van der Waals surface area contributed by atoms with Gasteiger partial charge in [0.15, 0.2) is 0 Å². The number of carbonyl (C=O) groups excluding carboxylic acids is 2. The van der Waals surface area contributed by atoms with E-state index in [1.54, 1.807) is 24.3 Å². The minimum atomic E-state index is -1.31. The van der Waals surface area contributed by atoms with Gasteiger partial charge in [0.2, 0.25) is 5.91 Å². The largest absolute Gasteiger partial charge is 0.387 e. The topological polar surface area (TPSA) is 125 Å². The van der Waals surface area contributed by atoms with Crippen molar-refractivity contribution < 1.29 is 19.8 Å². The van der Waals surface area contributed by atoms with Gasteiger partial charge in [0.25, 0.3) is 0 Å². The summed E-state index contributed by atoms with van der Waals surface area (Å²) in [6.45, 7) is 1.68. The number of benzene rings is 1. The number of aliphatic hydroxyl groups is 2. The summed E-state index contributed by atoms with van der Waals surface area (Å²) in [7, 11) is 0. The zero-order valence-corrected chi connectivity index (χ0v) is 13.2. The van der Waals surface area contributed by atoms with E-state index in [1.165, 1.54) is 0 Å². The molecule has 0 aliphatic carbocycles. The molecular weight excluding hydrogens is 298 g/mol. The highest BCUT2D eigenvalue weighted by atomic mass is 16.3. The summed E-state index contributed by atoms with van der Waals surface area (Å²) in [6.07, 6.45) is -0.501. The van der Waals surface area contributed by atoms with Crippen molar-refractivity contribution in [2.75, 3.05) is 6.54 Å². The maximum Gasteiger partial charge on any atom is 0.234 e. The maximum absolute atomic E-state index is 11.9. The van der Waals surface area contributed by atoms with E-state index < -0.39 is 30.3 Å². The molecule has 0 aromatic heterocycles. The van der Waals surface area contributed by atoms with Crippen LogP contribution in [-0.2, 0) is 9.59 Å². The van der Waals surface area contributed by atoms with Crippen molar-refractivity contribution in [2.45, 2.75) is 44.2 Å². The number of hydrogen-bond donors (Lipinski definition) is 5. The first-order chi connectivity index (χ1) is 11.0. The van der Waals surface area contributed by atoms with Gasteiger partial charge in [-0.1, -0.05) is 43.7 Å². The molecule has 1 aromatic rings. The zero-order valence-electron chi connectivity index (χ0n) is 13.2. The fourth-order valence-corrected chi connectivity index (χ4v) is 2.14. The molecule has 7 heteroatoms. The first-order valence-electron chi connectivity index (χ1n) is 7.64. The summed E-state index contributed by atoms with van der Waals surface area (Å²) in [5.74, 6) is -0.471. The van der Waals surface area contributed by atoms with Gasteiger partial charge < -0.3 is 26.1 Å². The lowest BCUT2D eigenvalue weighted by atomic mass is 10.1. The highest BCUT2D eigenvalue weighted by molar-refractivity contribution is 5.81. The Bertz CT molecular complexity index is 483. The van der Waals surface area contributed by atoms with Crippen LogP contribution in [0, 0.1) is 0 Å². The summed E-state index contributed by atoms with van der Waals surface area (Å²) < 4.78 is 0. The lowest BCUT2D eigenvalue weighted by Gasteiger charge is -2.24. The van der Waals surface area contributed by atoms with Crippen LogP contribution in [0.15, 0.2) is 30.3 Å². The van der Waals surface area contributed by atoms with Crippen LogP contribution in [0.1, 0.15) is 31.4 Å².